The molecule has 0 saturated heterocycles. The molecule has 10 nitrogen and oxygen atoms in total. The number of furan rings is 1. The Labute approximate surface area is 238 Å². The van der Waals surface area contributed by atoms with Crippen molar-refractivity contribution < 1.29 is 32.0 Å². The number of fused-ring (bicyclic) bond motifs is 3. The number of rotatable bonds is 13. The van der Waals surface area contributed by atoms with Crippen molar-refractivity contribution in [1.82, 2.24) is 15.4 Å². The molecule has 0 bridgehead atoms. The first-order valence-corrected chi connectivity index (χ1v) is 14.8. The number of ether oxygens (including phenoxy) is 1. The van der Waals surface area contributed by atoms with E-state index in [0.717, 1.165) is 10.9 Å². The van der Waals surface area contributed by atoms with E-state index in [-0.39, 0.29) is 17.4 Å². The van der Waals surface area contributed by atoms with E-state index in [1.54, 1.807) is 12.1 Å². The normalized spacial score (nSPS) is 12.4. The molecule has 0 radical (unpaired) electrons. The maximum absolute atomic E-state index is 12.9. The monoisotopic (exact) mass is 579 g/mol. The van der Waals surface area contributed by atoms with Crippen molar-refractivity contribution in [2.24, 2.45) is 5.92 Å². The maximum Gasteiger partial charge on any atom is 0.408 e. The van der Waals surface area contributed by atoms with Crippen molar-refractivity contribution in [2.75, 3.05) is 13.1 Å². The average molecular weight is 580 g/mol. The summed E-state index contributed by atoms with van der Waals surface area (Å²) in [5.74, 6) is -0.829. The molecule has 3 aromatic carbocycles. The number of hydrogen-bond donors (Lipinski definition) is 3. The van der Waals surface area contributed by atoms with E-state index in [9.17, 15) is 22.8 Å². The molecule has 0 aliphatic rings. The summed E-state index contributed by atoms with van der Waals surface area (Å²) in [7, 11) is -4.01. The molecule has 216 valence electrons. The number of hydrogen-bond acceptors (Lipinski definition) is 7. The number of para-hydroxylation sites is 1. The Balaban J connectivity index is 1.30. The summed E-state index contributed by atoms with van der Waals surface area (Å²) in [6.45, 7) is 3.10. The third-order valence-corrected chi connectivity index (χ3v) is 7.83. The Morgan fingerprint density at radius 2 is 1.56 bits per heavy atom. The van der Waals surface area contributed by atoms with Gasteiger partial charge < -0.3 is 19.8 Å². The molecule has 41 heavy (non-hydrogen) atoms. The van der Waals surface area contributed by atoms with Crippen LogP contribution in [0.25, 0.3) is 21.9 Å². The van der Waals surface area contributed by atoms with Gasteiger partial charge in [-0.2, -0.15) is 0 Å². The molecule has 4 aromatic rings. The molecule has 0 fully saturated rings. The quantitative estimate of drug-likeness (QED) is 0.214. The lowest BCUT2D eigenvalue weighted by molar-refractivity contribution is -0.126. The zero-order chi connectivity index (χ0) is 29.4. The van der Waals surface area contributed by atoms with Crippen molar-refractivity contribution in [2.45, 2.75) is 44.2 Å². The van der Waals surface area contributed by atoms with Crippen LogP contribution >= 0.6 is 0 Å². The summed E-state index contributed by atoms with van der Waals surface area (Å²) in [6, 6.07) is 20.0. The van der Waals surface area contributed by atoms with Crippen molar-refractivity contribution in [3.63, 3.8) is 0 Å². The summed E-state index contributed by atoms with van der Waals surface area (Å²) in [5, 5.41) is 6.48. The fourth-order valence-corrected chi connectivity index (χ4v) is 5.22. The molecule has 0 unspecified atom stereocenters. The molecule has 1 heterocycles. The van der Waals surface area contributed by atoms with Gasteiger partial charge in [0.1, 0.15) is 23.8 Å². The lowest BCUT2D eigenvalue weighted by Gasteiger charge is -2.19. The van der Waals surface area contributed by atoms with Crippen LogP contribution in [-0.2, 0) is 31.0 Å². The number of carbonyl (C=O) groups excluding carboxylic acids is 3. The molecule has 1 atom stereocenters. The van der Waals surface area contributed by atoms with Crippen LogP contribution in [0.15, 0.2) is 82.1 Å². The Kier molecular flexibility index (Phi) is 9.74. The van der Waals surface area contributed by atoms with Gasteiger partial charge in [0.2, 0.25) is 15.9 Å². The van der Waals surface area contributed by atoms with Crippen LogP contribution in [0.5, 0.6) is 0 Å². The lowest BCUT2D eigenvalue weighted by Crippen LogP contribution is -2.48. The van der Waals surface area contributed by atoms with Crippen molar-refractivity contribution >= 4 is 49.7 Å². The van der Waals surface area contributed by atoms with Crippen molar-refractivity contribution in [1.29, 1.82) is 0 Å². The van der Waals surface area contributed by atoms with Crippen molar-refractivity contribution in [3.8, 4) is 0 Å². The van der Waals surface area contributed by atoms with E-state index in [0.29, 0.717) is 29.4 Å². The highest BCUT2D eigenvalue weighted by Crippen LogP contribution is 2.30. The van der Waals surface area contributed by atoms with Gasteiger partial charge in [0.05, 0.1) is 18.0 Å². The molecule has 11 heteroatoms. The summed E-state index contributed by atoms with van der Waals surface area (Å²) < 4.78 is 39.0. The summed E-state index contributed by atoms with van der Waals surface area (Å²) in [5.41, 5.74) is 1.99. The molecule has 4 rings (SSSR count). The fourth-order valence-electron chi connectivity index (χ4n) is 4.18. The van der Waals surface area contributed by atoms with Gasteiger partial charge in [0.15, 0.2) is 5.78 Å². The SMILES string of the molecule is CC(C)CC[C@H](NC(=O)OCc1ccccc1)C(=O)NCC(=O)CNS(=O)(=O)c1ccc2oc3ccccc3c2c1. The Morgan fingerprint density at radius 1 is 0.854 bits per heavy atom. The van der Waals surface area contributed by atoms with E-state index in [1.807, 2.05) is 62.4 Å². The molecular formula is C30H33N3O7S. The van der Waals surface area contributed by atoms with E-state index in [4.69, 9.17) is 9.15 Å². The van der Waals surface area contributed by atoms with Crippen molar-refractivity contribution in [3.05, 3.63) is 78.4 Å². The van der Waals surface area contributed by atoms with Gasteiger partial charge in [-0.05, 0) is 48.6 Å². The summed E-state index contributed by atoms with van der Waals surface area (Å²) in [6.07, 6.45) is 0.246. The molecule has 0 spiro atoms. The van der Waals surface area contributed by atoms with Gasteiger partial charge in [-0.25, -0.2) is 17.9 Å². The van der Waals surface area contributed by atoms with Gasteiger partial charge in [0.25, 0.3) is 0 Å². The second kappa shape index (κ2) is 13.4. The molecule has 1 aromatic heterocycles. The topological polar surface area (TPSA) is 144 Å². The Hall–Kier alpha value is -4.22. The fraction of sp³-hybridized carbons (Fsp3) is 0.300. The summed E-state index contributed by atoms with van der Waals surface area (Å²) >= 11 is 0. The Bertz CT molecular complexity index is 1630. The van der Waals surface area contributed by atoms with Crippen LogP contribution in [0.2, 0.25) is 0 Å². The minimum absolute atomic E-state index is 0.0136. The van der Waals surface area contributed by atoms with Gasteiger partial charge >= 0.3 is 6.09 Å². The summed E-state index contributed by atoms with van der Waals surface area (Å²) in [4.78, 5) is 37.6. The number of carbonyl (C=O) groups is 3. The molecule has 3 N–H and O–H groups in total. The first kappa shape index (κ1) is 29.8. The van der Waals surface area contributed by atoms with E-state index >= 15 is 0 Å². The molecule has 0 aliphatic carbocycles. The van der Waals surface area contributed by atoms with Crippen LogP contribution in [0.1, 0.15) is 32.3 Å². The lowest BCUT2D eigenvalue weighted by atomic mass is 10.0. The highest BCUT2D eigenvalue weighted by molar-refractivity contribution is 7.89. The first-order valence-electron chi connectivity index (χ1n) is 13.3. The zero-order valence-corrected chi connectivity index (χ0v) is 23.7. The third kappa shape index (κ3) is 8.15. The van der Waals surface area contributed by atoms with E-state index in [1.165, 1.54) is 12.1 Å². The molecule has 0 saturated carbocycles. The number of benzene rings is 3. The second-order valence-electron chi connectivity index (χ2n) is 10.1. The molecular weight excluding hydrogens is 546 g/mol. The number of sulfonamides is 1. The van der Waals surface area contributed by atoms with E-state index < -0.39 is 46.9 Å². The van der Waals surface area contributed by atoms with Gasteiger partial charge in [-0.15, -0.1) is 0 Å². The standard InChI is InChI=1S/C30H33N3O7S/c1-20(2)12-14-26(33-30(36)39-19-21-8-4-3-5-9-21)29(35)31-17-22(34)18-32-41(37,38)23-13-15-28-25(16-23)24-10-6-7-11-27(24)40-28/h3-11,13,15-16,20,26,32H,12,14,17-19H2,1-2H3,(H,31,35)(H,33,36)/t26-/m0/s1. The van der Waals surface area contributed by atoms with Gasteiger partial charge in [0, 0.05) is 10.8 Å². The van der Waals surface area contributed by atoms with E-state index in [2.05, 4.69) is 15.4 Å². The first-order chi connectivity index (χ1) is 19.6. The average Bonchev–Trinajstić information content (AvgIpc) is 3.34. The highest BCUT2D eigenvalue weighted by Gasteiger charge is 2.23. The maximum atomic E-state index is 12.9. The van der Waals surface area contributed by atoms with Crippen LogP contribution in [0, 0.1) is 5.92 Å². The zero-order valence-electron chi connectivity index (χ0n) is 22.9. The number of alkyl carbamates (subject to hydrolysis) is 1. The minimum Gasteiger partial charge on any atom is -0.456 e. The van der Waals surface area contributed by atoms with Crippen LogP contribution < -0.4 is 15.4 Å². The van der Waals surface area contributed by atoms with Gasteiger partial charge in [-0.1, -0.05) is 62.4 Å². The second-order valence-corrected chi connectivity index (χ2v) is 11.8. The largest absolute Gasteiger partial charge is 0.456 e. The molecule has 0 aliphatic heterocycles. The highest BCUT2D eigenvalue weighted by atomic mass is 32.2. The number of nitrogens with one attached hydrogen (secondary N) is 3. The predicted octanol–water partition coefficient (Wildman–Crippen LogP) is 4.28. The predicted molar refractivity (Wildman–Crippen MR) is 155 cm³/mol. The minimum atomic E-state index is -4.01. The van der Waals surface area contributed by atoms with Crippen LogP contribution in [0.3, 0.4) is 0 Å². The van der Waals surface area contributed by atoms with Gasteiger partial charge in [-0.3, -0.25) is 9.59 Å². The van der Waals surface area contributed by atoms with Crippen LogP contribution in [-0.4, -0.2) is 45.3 Å². The van der Waals surface area contributed by atoms with Crippen LogP contribution in [0.4, 0.5) is 4.79 Å². The molecule has 2 amide bonds. The number of amides is 2. The smallest absolute Gasteiger partial charge is 0.408 e. The third-order valence-electron chi connectivity index (χ3n) is 6.43. The number of ketones is 1. The Morgan fingerprint density at radius 3 is 2.32 bits per heavy atom. The number of Topliss-reactive ketones (excluding diaryl/α,β-unsaturated/α-hetero) is 1.